The van der Waals surface area contributed by atoms with Gasteiger partial charge in [-0.2, -0.15) is 0 Å². The first kappa shape index (κ1) is 77.4. The molecule has 0 amide bonds. The van der Waals surface area contributed by atoms with E-state index in [4.69, 9.17) is 14.2 Å². The van der Waals surface area contributed by atoms with Crippen molar-refractivity contribution in [3.05, 3.63) is 48.6 Å². The van der Waals surface area contributed by atoms with Crippen LogP contribution in [0.4, 0.5) is 0 Å². The SMILES string of the molecule is CCCCC/C=C\C/C=C\C/C=C\CCCCCCCCC(=O)OCC(COC(=O)CCCCCCCCCCCCC/C=C\CCCCCCCCCC)OC(=O)CCCCCCCCCCCCCCCCCCCCCC. The highest BCUT2D eigenvalue weighted by Gasteiger charge is 2.19. The summed E-state index contributed by atoms with van der Waals surface area (Å²) in [6.07, 6.45) is 87.0. The number of allylic oxidation sites excluding steroid dienone is 8. The normalized spacial score (nSPS) is 12.3. The first-order valence-corrected chi connectivity index (χ1v) is 35.6. The minimum absolute atomic E-state index is 0.0735. The molecular formula is C74H136O6. The van der Waals surface area contributed by atoms with Gasteiger partial charge in [0.25, 0.3) is 0 Å². The Balaban J connectivity index is 4.34. The lowest BCUT2D eigenvalue weighted by atomic mass is 10.0. The monoisotopic (exact) mass is 1120 g/mol. The summed E-state index contributed by atoms with van der Waals surface area (Å²) in [7, 11) is 0. The lowest BCUT2D eigenvalue weighted by molar-refractivity contribution is -0.167. The number of hydrogen-bond donors (Lipinski definition) is 0. The summed E-state index contributed by atoms with van der Waals surface area (Å²) in [5.41, 5.74) is 0. The zero-order valence-corrected chi connectivity index (χ0v) is 53.9. The molecule has 0 aliphatic rings. The fourth-order valence-electron chi connectivity index (χ4n) is 10.7. The molecule has 6 nitrogen and oxygen atoms in total. The molecule has 0 aliphatic heterocycles. The second-order valence-corrected chi connectivity index (χ2v) is 24.1. The quantitative estimate of drug-likeness (QED) is 0.0261. The number of rotatable bonds is 66. The van der Waals surface area contributed by atoms with Crippen LogP contribution in [0.2, 0.25) is 0 Å². The van der Waals surface area contributed by atoms with Crippen LogP contribution in [0.15, 0.2) is 48.6 Å². The van der Waals surface area contributed by atoms with E-state index in [2.05, 4.69) is 69.4 Å². The molecule has 0 aromatic rings. The molecule has 0 saturated carbocycles. The molecule has 1 atom stereocenters. The summed E-state index contributed by atoms with van der Waals surface area (Å²) in [6.45, 7) is 6.68. The average Bonchev–Trinajstić information content (AvgIpc) is 3.46. The van der Waals surface area contributed by atoms with Crippen molar-refractivity contribution in [1.82, 2.24) is 0 Å². The number of hydrogen-bond acceptors (Lipinski definition) is 6. The smallest absolute Gasteiger partial charge is 0.306 e. The summed E-state index contributed by atoms with van der Waals surface area (Å²) in [5.74, 6) is -0.859. The molecule has 468 valence electrons. The maximum atomic E-state index is 13.0. The number of ether oxygens (including phenoxy) is 3. The van der Waals surface area contributed by atoms with Gasteiger partial charge in [0.1, 0.15) is 13.2 Å². The van der Waals surface area contributed by atoms with E-state index in [0.29, 0.717) is 19.3 Å². The Morgan fingerprint density at radius 3 is 0.738 bits per heavy atom. The van der Waals surface area contributed by atoms with E-state index >= 15 is 0 Å². The van der Waals surface area contributed by atoms with Crippen molar-refractivity contribution in [2.75, 3.05) is 13.2 Å². The Morgan fingerprint density at radius 1 is 0.250 bits per heavy atom. The number of unbranched alkanes of at least 4 members (excludes halogenated alkanes) is 47. The molecule has 0 radical (unpaired) electrons. The van der Waals surface area contributed by atoms with Crippen LogP contribution in [0.25, 0.3) is 0 Å². The Morgan fingerprint density at radius 2 is 0.450 bits per heavy atom. The van der Waals surface area contributed by atoms with Crippen LogP contribution >= 0.6 is 0 Å². The predicted octanol–water partition coefficient (Wildman–Crippen LogP) is 24.5. The van der Waals surface area contributed by atoms with Gasteiger partial charge in [0.2, 0.25) is 0 Å². The van der Waals surface area contributed by atoms with E-state index in [0.717, 1.165) is 77.0 Å². The Labute approximate surface area is 498 Å². The van der Waals surface area contributed by atoms with Crippen LogP contribution in [0, 0.1) is 0 Å². The van der Waals surface area contributed by atoms with Gasteiger partial charge in [-0.05, 0) is 83.5 Å². The predicted molar refractivity (Wildman–Crippen MR) is 349 cm³/mol. The summed E-state index contributed by atoms with van der Waals surface area (Å²) < 4.78 is 17.0. The third kappa shape index (κ3) is 66.2. The lowest BCUT2D eigenvalue weighted by Crippen LogP contribution is -2.30. The second kappa shape index (κ2) is 68.9. The highest BCUT2D eigenvalue weighted by Crippen LogP contribution is 2.18. The molecule has 0 saturated heterocycles. The minimum atomic E-state index is -0.779. The summed E-state index contributed by atoms with van der Waals surface area (Å²) in [4.78, 5) is 38.5. The number of esters is 3. The zero-order chi connectivity index (χ0) is 57.8. The third-order valence-corrected chi connectivity index (χ3v) is 16.1. The van der Waals surface area contributed by atoms with Crippen LogP contribution in [0.1, 0.15) is 387 Å². The van der Waals surface area contributed by atoms with Crippen molar-refractivity contribution in [3.8, 4) is 0 Å². The van der Waals surface area contributed by atoms with E-state index in [1.54, 1.807) is 0 Å². The molecule has 0 N–H and O–H groups in total. The van der Waals surface area contributed by atoms with E-state index in [1.165, 1.54) is 270 Å². The highest BCUT2D eigenvalue weighted by atomic mass is 16.6. The van der Waals surface area contributed by atoms with E-state index in [1.807, 2.05) is 0 Å². The molecule has 0 rings (SSSR count). The topological polar surface area (TPSA) is 78.9 Å². The first-order chi connectivity index (χ1) is 39.5. The Bertz CT molecular complexity index is 1380. The van der Waals surface area contributed by atoms with Gasteiger partial charge in [0, 0.05) is 19.3 Å². The molecule has 0 aliphatic carbocycles. The molecule has 0 aromatic carbocycles. The second-order valence-electron chi connectivity index (χ2n) is 24.1. The van der Waals surface area contributed by atoms with Crippen molar-refractivity contribution in [1.29, 1.82) is 0 Å². The third-order valence-electron chi connectivity index (χ3n) is 16.1. The van der Waals surface area contributed by atoms with Crippen molar-refractivity contribution >= 4 is 17.9 Å². The maximum absolute atomic E-state index is 13.0. The lowest BCUT2D eigenvalue weighted by Gasteiger charge is -2.18. The van der Waals surface area contributed by atoms with Gasteiger partial charge >= 0.3 is 17.9 Å². The van der Waals surface area contributed by atoms with Gasteiger partial charge in [0.15, 0.2) is 6.10 Å². The fourth-order valence-corrected chi connectivity index (χ4v) is 10.7. The van der Waals surface area contributed by atoms with Gasteiger partial charge in [-0.1, -0.05) is 333 Å². The van der Waals surface area contributed by atoms with Crippen molar-refractivity contribution in [3.63, 3.8) is 0 Å². The zero-order valence-electron chi connectivity index (χ0n) is 53.9. The van der Waals surface area contributed by atoms with E-state index in [-0.39, 0.29) is 31.1 Å². The Kier molecular flexibility index (Phi) is 66.6. The van der Waals surface area contributed by atoms with Crippen molar-refractivity contribution in [2.24, 2.45) is 0 Å². The molecule has 0 fully saturated rings. The first-order valence-electron chi connectivity index (χ1n) is 35.6. The van der Waals surface area contributed by atoms with Crippen LogP contribution in [0.5, 0.6) is 0 Å². The molecular weight excluding hydrogens is 985 g/mol. The van der Waals surface area contributed by atoms with Crippen LogP contribution in [0.3, 0.4) is 0 Å². The standard InChI is InChI=1S/C74H136O6/c1-4-7-10-13-16-19-22-25-28-31-34-36-37-38-41-43-46-49-52-55-58-61-64-67-73(76)79-70-71(69-78-72(75)66-63-60-57-54-51-48-45-42-39-33-30-27-24-21-18-15-12-9-6-3)80-74(77)68-65-62-59-56-53-50-47-44-40-35-32-29-26-23-20-17-14-11-8-5-2/h18,21,27,30-31,34,39,42,71H,4-17,19-20,22-26,28-29,32-33,35-38,40-41,43-70H2,1-3H3/b21-18-,30-27-,34-31-,42-39-. The molecule has 1 unspecified atom stereocenters. The number of carbonyl (C=O) groups excluding carboxylic acids is 3. The van der Waals surface area contributed by atoms with Gasteiger partial charge in [0.05, 0.1) is 0 Å². The summed E-state index contributed by atoms with van der Waals surface area (Å²) in [6, 6.07) is 0. The maximum Gasteiger partial charge on any atom is 0.306 e. The minimum Gasteiger partial charge on any atom is -0.462 e. The molecule has 0 heterocycles. The average molecular weight is 1120 g/mol. The molecule has 0 bridgehead atoms. The van der Waals surface area contributed by atoms with E-state index in [9.17, 15) is 14.4 Å². The molecule has 80 heavy (non-hydrogen) atoms. The summed E-state index contributed by atoms with van der Waals surface area (Å²) >= 11 is 0. The summed E-state index contributed by atoms with van der Waals surface area (Å²) in [5, 5.41) is 0. The molecule has 6 heteroatoms. The van der Waals surface area contributed by atoms with Gasteiger partial charge in [-0.25, -0.2) is 0 Å². The molecule has 0 aromatic heterocycles. The van der Waals surface area contributed by atoms with Crippen molar-refractivity contribution < 1.29 is 28.6 Å². The van der Waals surface area contributed by atoms with Crippen LogP contribution < -0.4 is 0 Å². The molecule has 0 spiro atoms. The van der Waals surface area contributed by atoms with Crippen LogP contribution in [-0.4, -0.2) is 37.2 Å². The van der Waals surface area contributed by atoms with Gasteiger partial charge in [-0.3, -0.25) is 14.4 Å². The van der Waals surface area contributed by atoms with Gasteiger partial charge < -0.3 is 14.2 Å². The Hall–Kier alpha value is -2.63. The number of carbonyl (C=O) groups is 3. The van der Waals surface area contributed by atoms with Crippen molar-refractivity contribution in [2.45, 2.75) is 393 Å². The highest BCUT2D eigenvalue weighted by molar-refractivity contribution is 5.71. The van der Waals surface area contributed by atoms with Crippen LogP contribution in [-0.2, 0) is 28.6 Å². The van der Waals surface area contributed by atoms with E-state index < -0.39 is 6.10 Å². The largest absolute Gasteiger partial charge is 0.462 e. The fraction of sp³-hybridized carbons (Fsp3) is 0.851. The van der Waals surface area contributed by atoms with Gasteiger partial charge in [-0.15, -0.1) is 0 Å².